The minimum Gasteiger partial charge on any atom is -0.459 e. The van der Waals surface area contributed by atoms with Gasteiger partial charge in [0, 0.05) is 11.5 Å². The fourth-order valence-corrected chi connectivity index (χ4v) is 2.45. The Morgan fingerprint density at radius 3 is 2.75 bits per heavy atom. The average molecular weight is 270 g/mol. The first-order chi connectivity index (χ1) is 9.65. The molecule has 0 aliphatic carbocycles. The Hall–Kier alpha value is -2.07. The predicted molar refractivity (Wildman–Crippen MR) is 77.4 cm³/mol. The van der Waals surface area contributed by atoms with Crippen LogP contribution in [0.15, 0.2) is 39.3 Å². The number of fused-ring (bicyclic) bond motifs is 1. The summed E-state index contributed by atoms with van der Waals surface area (Å²) in [4.78, 5) is 0. The van der Waals surface area contributed by atoms with E-state index in [1.54, 1.807) is 0 Å². The molecule has 0 amide bonds. The zero-order valence-electron chi connectivity index (χ0n) is 11.9. The van der Waals surface area contributed by atoms with E-state index in [4.69, 9.17) is 8.94 Å². The number of para-hydroxylation sites is 1. The number of nitrogens with zero attached hydrogens (tertiary/aromatic N) is 1. The maximum atomic E-state index is 5.95. The highest BCUT2D eigenvalue weighted by atomic mass is 16.5. The molecule has 104 valence electrons. The lowest BCUT2D eigenvalue weighted by Crippen LogP contribution is -2.17. The van der Waals surface area contributed by atoms with Crippen molar-refractivity contribution >= 4 is 11.0 Å². The fourth-order valence-electron chi connectivity index (χ4n) is 2.45. The summed E-state index contributed by atoms with van der Waals surface area (Å²) in [7, 11) is 0. The topological polar surface area (TPSA) is 51.2 Å². The number of aryl methyl sites for hydroxylation is 2. The molecular formula is C16H18N2O2. The van der Waals surface area contributed by atoms with Crippen molar-refractivity contribution in [2.24, 2.45) is 0 Å². The second-order valence-electron chi connectivity index (χ2n) is 5.12. The van der Waals surface area contributed by atoms with E-state index in [1.165, 1.54) is 10.9 Å². The summed E-state index contributed by atoms with van der Waals surface area (Å²) in [5.74, 6) is 1.81. The van der Waals surface area contributed by atoms with E-state index in [1.807, 2.05) is 31.2 Å². The van der Waals surface area contributed by atoms with Crippen LogP contribution in [0.25, 0.3) is 11.0 Å². The van der Waals surface area contributed by atoms with Crippen LogP contribution in [0.4, 0.5) is 0 Å². The molecule has 0 radical (unpaired) electrons. The highest BCUT2D eigenvalue weighted by Crippen LogP contribution is 2.29. The van der Waals surface area contributed by atoms with Crippen molar-refractivity contribution in [3.63, 3.8) is 0 Å². The summed E-state index contributed by atoms with van der Waals surface area (Å²) in [5, 5.41) is 8.46. The Morgan fingerprint density at radius 2 is 2.05 bits per heavy atom. The molecule has 0 saturated heterocycles. The highest BCUT2D eigenvalue weighted by molar-refractivity contribution is 5.82. The van der Waals surface area contributed by atoms with Crippen molar-refractivity contribution < 1.29 is 8.94 Å². The minimum absolute atomic E-state index is 0.118. The van der Waals surface area contributed by atoms with Gasteiger partial charge in [-0.15, -0.1) is 0 Å². The normalized spacial score (nSPS) is 12.9. The molecule has 0 aliphatic heterocycles. The molecule has 2 aromatic heterocycles. The van der Waals surface area contributed by atoms with Gasteiger partial charge >= 0.3 is 0 Å². The smallest absolute Gasteiger partial charge is 0.150 e. The third-order valence-electron chi connectivity index (χ3n) is 3.53. The predicted octanol–water partition coefficient (Wildman–Crippen LogP) is 3.89. The van der Waals surface area contributed by atoms with Crippen molar-refractivity contribution in [1.29, 1.82) is 0 Å². The number of nitrogens with one attached hydrogen (secondary N) is 1. The minimum atomic E-state index is 0.118. The maximum absolute atomic E-state index is 5.95. The molecule has 1 aromatic carbocycles. The van der Waals surface area contributed by atoms with Gasteiger partial charge in [-0.25, -0.2) is 0 Å². The van der Waals surface area contributed by atoms with Crippen LogP contribution >= 0.6 is 0 Å². The van der Waals surface area contributed by atoms with Crippen molar-refractivity contribution in [2.45, 2.75) is 33.4 Å². The number of aromatic nitrogens is 1. The molecule has 4 nitrogen and oxygen atoms in total. The molecular weight excluding hydrogens is 252 g/mol. The maximum Gasteiger partial charge on any atom is 0.150 e. The third kappa shape index (κ3) is 2.34. The SMILES string of the molecule is Cc1cc(CNC(C)c2oc3ccccc3c2C)on1. The van der Waals surface area contributed by atoms with E-state index in [0.717, 1.165) is 22.8 Å². The molecule has 2 heterocycles. The van der Waals surface area contributed by atoms with E-state index in [0.29, 0.717) is 6.54 Å². The summed E-state index contributed by atoms with van der Waals surface area (Å²) in [6.07, 6.45) is 0. The number of benzene rings is 1. The molecule has 1 unspecified atom stereocenters. The van der Waals surface area contributed by atoms with Crippen molar-refractivity contribution in [3.05, 3.63) is 53.1 Å². The molecule has 20 heavy (non-hydrogen) atoms. The summed E-state index contributed by atoms with van der Waals surface area (Å²) >= 11 is 0. The molecule has 0 saturated carbocycles. The van der Waals surface area contributed by atoms with Crippen molar-refractivity contribution in [2.75, 3.05) is 0 Å². The monoisotopic (exact) mass is 270 g/mol. The Bertz CT molecular complexity index is 727. The van der Waals surface area contributed by atoms with Gasteiger partial charge in [-0.05, 0) is 32.4 Å². The summed E-state index contributed by atoms with van der Waals surface area (Å²) in [5.41, 5.74) is 3.02. The van der Waals surface area contributed by atoms with Gasteiger partial charge in [0.15, 0.2) is 5.76 Å². The van der Waals surface area contributed by atoms with Gasteiger partial charge in [0.2, 0.25) is 0 Å². The second-order valence-corrected chi connectivity index (χ2v) is 5.12. The number of rotatable bonds is 4. The first-order valence-electron chi connectivity index (χ1n) is 6.79. The summed E-state index contributed by atoms with van der Waals surface area (Å²) in [6, 6.07) is 10.2. The van der Waals surface area contributed by atoms with Crippen LogP contribution in [-0.4, -0.2) is 5.16 Å². The molecule has 0 spiro atoms. The third-order valence-corrected chi connectivity index (χ3v) is 3.53. The Morgan fingerprint density at radius 1 is 1.25 bits per heavy atom. The van der Waals surface area contributed by atoms with Gasteiger partial charge in [-0.2, -0.15) is 0 Å². The standard InChI is InChI=1S/C16H18N2O2/c1-10-8-13(20-18-10)9-17-12(3)16-11(2)14-6-4-5-7-15(14)19-16/h4-8,12,17H,9H2,1-3H3. The summed E-state index contributed by atoms with van der Waals surface area (Å²) in [6.45, 7) is 6.74. The number of hydrogen-bond acceptors (Lipinski definition) is 4. The zero-order valence-corrected chi connectivity index (χ0v) is 11.9. The van der Waals surface area contributed by atoms with Gasteiger partial charge < -0.3 is 14.3 Å². The van der Waals surface area contributed by atoms with Crippen LogP contribution < -0.4 is 5.32 Å². The van der Waals surface area contributed by atoms with E-state index in [9.17, 15) is 0 Å². The van der Waals surface area contributed by atoms with E-state index in [2.05, 4.69) is 30.4 Å². The molecule has 0 aliphatic rings. The Kier molecular flexibility index (Phi) is 3.32. The highest BCUT2D eigenvalue weighted by Gasteiger charge is 2.16. The summed E-state index contributed by atoms with van der Waals surface area (Å²) < 4.78 is 11.1. The lowest BCUT2D eigenvalue weighted by atomic mass is 10.1. The van der Waals surface area contributed by atoms with Crippen molar-refractivity contribution in [3.8, 4) is 0 Å². The number of furan rings is 1. The van der Waals surface area contributed by atoms with Gasteiger partial charge in [0.25, 0.3) is 0 Å². The van der Waals surface area contributed by atoms with Crippen LogP contribution in [0, 0.1) is 13.8 Å². The fraction of sp³-hybridized carbons (Fsp3) is 0.312. The molecule has 0 fully saturated rings. The van der Waals surface area contributed by atoms with Gasteiger partial charge in [-0.3, -0.25) is 0 Å². The lowest BCUT2D eigenvalue weighted by molar-refractivity contribution is 0.355. The first kappa shape index (κ1) is 12.9. The second kappa shape index (κ2) is 5.13. The molecule has 3 rings (SSSR count). The molecule has 4 heteroatoms. The lowest BCUT2D eigenvalue weighted by Gasteiger charge is -2.10. The molecule has 0 bridgehead atoms. The Labute approximate surface area is 117 Å². The molecule has 3 aromatic rings. The largest absolute Gasteiger partial charge is 0.459 e. The first-order valence-corrected chi connectivity index (χ1v) is 6.79. The quantitative estimate of drug-likeness (QED) is 0.781. The van der Waals surface area contributed by atoms with Gasteiger partial charge in [-0.1, -0.05) is 23.4 Å². The van der Waals surface area contributed by atoms with Crippen LogP contribution in [0.5, 0.6) is 0 Å². The zero-order chi connectivity index (χ0) is 14.1. The van der Waals surface area contributed by atoms with Crippen LogP contribution in [0.1, 0.15) is 35.7 Å². The van der Waals surface area contributed by atoms with Crippen LogP contribution in [0.2, 0.25) is 0 Å². The van der Waals surface area contributed by atoms with Crippen LogP contribution in [0.3, 0.4) is 0 Å². The van der Waals surface area contributed by atoms with Gasteiger partial charge in [0.05, 0.1) is 18.3 Å². The van der Waals surface area contributed by atoms with E-state index in [-0.39, 0.29) is 6.04 Å². The molecule has 1 atom stereocenters. The molecule has 1 N–H and O–H groups in total. The van der Waals surface area contributed by atoms with Crippen LogP contribution in [-0.2, 0) is 6.54 Å². The average Bonchev–Trinajstić information content (AvgIpc) is 3.01. The van der Waals surface area contributed by atoms with E-state index >= 15 is 0 Å². The van der Waals surface area contributed by atoms with E-state index < -0.39 is 0 Å². The Balaban J connectivity index is 1.78. The number of hydrogen-bond donors (Lipinski definition) is 1. The van der Waals surface area contributed by atoms with Gasteiger partial charge in [0.1, 0.15) is 11.3 Å². The van der Waals surface area contributed by atoms with Crippen molar-refractivity contribution in [1.82, 2.24) is 10.5 Å².